The third-order valence-electron chi connectivity index (χ3n) is 2.16. The summed E-state index contributed by atoms with van der Waals surface area (Å²) in [5.41, 5.74) is 2.48. The van der Waals surface area contributed by atoms with Crippen LogP contribution in [-0.4, -0.2) is 13.1 Å². The van der Waals surface area contributed by atoms with Gasteiger partial charge in [0.1, 0.15) is 0 Å². The van der Waals surface area contributed by atoms with E-state index in [0.29, 0.717) is 22.0 Å². The van der Waals surface area contributed by atoms with Gasteiger partial charge >= 0.3 is 5.97 Å². The molecule has 1 aromatic rings. The lowest BCUT2D eigenvalue weighted by Crippen LogP contribution is -2.09. The smallest absolute Gasteiger partial charge is 0.338 e. The number of carbonyl (C=O) groups excluding carboxylic acids is 1. The summed E-state index contributed by atoms with van der Waals surface area (Å²) in [5.74, 6) is -0.404. The van der Waals surface area contributed by atoms with E-state index in [0.717, 1.165) is 5.56 Å². The first-order valence-corrected chi connectivity index (χ1v) is 5.44. The van der Waals surface area contributed by atoms with Gasteiger partial charge in [0.2, 0.25) is 0 Å². The number of rotatable bonds is 2. The zero-order valence-electron chi connectivity index (χ0n) is 8.50. The molecular weight excluding hydrogens is 258 g/mol. The molecule has 0 aliphatic rings. The molecule has 0 amide bonds. The Balaban J connectivity index is 3.47. The van der Waals surface area contributed by atoms with Gasteiger partial charge in [-0.1, -0.05) is 22.0 Å². The summed E-state index contributed by atoms with van der Waals surface area (Å²) >= 11 is 3.27. The van der Waals surface area contributed by atoms with Crippen molar-refractivity contribution in [1.29, 1.82) is 5.26 Å². The van der Waals surface area contributed by atoms with Crippen molar-refractivity contribution in [2.24, 2.45) is 0 Å². The number of alkyl halides is 1. The Morgan fingerprint density at radius 3 is 2.73 bits per heavy atom. The van der Waals surface area contributed by atoms with E-state index in [2.05, 4.69) is 26.7 Å². The molecule has 78 valence electrons. The molecule has 0 aromatic heterocycles. The Labute approximate surface area is 96.8 Å². The standard InChI is InChI=1S/C11H10BrNO2/c1-7-3-4-8(6-13)9(5-12)10(7)11(14)15-2/h3-4H,5H2,1-2H3. The van der Waals surface area contributed by atoms with Crippen LogP contribution in [0.5, 0.6) is 0 Å². The molecule has 0 bridgehead atoms. The van der Waals surface area contributed by atoms with E-state index in [9.17, 15) is 4.79 Å². The fraction of sp³-hybridized carbons (Fsp3) is 0.273. The van der Waals surface area contributed by atoms with Gasteiger partial charge in [-0.25, -0.2) is 4.79 Å². The number of hydrogen-bond donors (Lipinski definition) is 0. The first-order chi connectivity index (χ1) is 7.15. The van der Waals surface area contributed by atoms with Crippen LogP contribution in [0.1, 0.15) is 27.0 Å². The SMILES string of the molecule is COC(=O)c1c(C)ccc(C#N)c1CBr. The molecule has 0 aliphatic carbocycles. The number of halogens is 1. The summed E-state index contributed by atoms with van der Waals surface area (Å²) in [6, 6.07) is 5.51. The molecule has 0 unspecified atom stereocenters. The highest BCUT2D eigenvalue weighted by molar-refractivity contribution is 9.08. The number of benzene rings is 1. The van der Waals surface area contributed by atoms with Gasteiger partial charge in [0.15, 0.2) is 0 Å². The number of hydrogen-bond acceptors (Lipinski definition) is 3. The summed E-state index contributed by atoms with van der Waals surface area (Å²) in [7, 11) is 1.33. The van der Waals surface area contributed by atoms with Gasteiger partial charge in [-0.3, -0.25) is 0 Å². The minimum absolute atomic E-state index is 0.404. The molecule has 0 radical (unpaired) electrons. The van der Waals surface area contributed by atoms with Crippen LogP contribution in [0.2, 0.25) is 0 Å². The second kappa shape index (κ2) is 4.94. The molecule has 0 fully saturated rings. The normalized spacial score (nSPS) is 9.47. The van der Waals surface area contributed by atoms with Crippen molar-refractivity contribution in [2.75, 3.05) is 7.11 Å². The molecule has 0 N–H and O–H groups in total. The Morgan fingerprint density at radius 2 is 2.27 bits per heavy atom. The number of nitriles is 1. The van der Waals surface area contributed by atoms with Gasteiger partial charge in [0.05, 0.1) is 24.3 Å². The van der Waals surface area contributed by atoms with Gasteiger partial charge < -0.3 is 4.74 Å². The van der Waals surface area contributed by atoms with Crippen molar-refractivity contribution >= 4 is 21.9 Å². The van der Waals surface area contributed by atoms with Gasteiger partial charge in [-0.15, -0.1) is 0 Å². The number of aryl methyl sites for hydroxylation is 1. The van der Waals surface area contributed by atoms with Gasteiger partial charge in [-0.05, 0) is 24.1 Å². The van der Waals surface area contributed by atoms with Crippen LogP contribution in [0.3, 0.4) is 0 Å². The number of ether oxygens (including phenoxy) is 1. The molecule has 1 rings (SSSR count). The number of esters is 1. The Hall–Kier alpha value is -1.34. The second-order valence-corrected chi connectivity index (χ2v) is 3.58. The first-order valence-electron chi connectivity index (χ1n) is 4.32. The largest absolute Gasteiger partial charge is 0.465 e. The van der Waals surface area contributed by atoms with Gasteiger partial charge in [0, 0.05) is 5.33 Å². The van der Waals surface area contributed by atoms with Crippen LogP contribution in [0, 0.1) is 18.3 Å². The molecule has 4 heteroatoms. The van der Waals surface area contributed by atoms with Crippen LogP contribution in [0.25, 0.3) is 0 Å². The van der Waals surface area contributed by atoms with Crippen LogP contribution in [-0.2, 0) is 10.1 Å². The van der Waals surface area contributed by atoms with E-state index >= 15 is 0 Å². The molecule has 0 aliphatic heterocycles. The highest BCUT2D eigenvalue weighted by Crippen LogP contribution is 2.22. The summed E-state index contributed by atoms with van der Waals surface area (Å²) in [6.07, 6.45) is 0. The quantitative estimate of drug-likeness (QED) is 0.611. The van der Waals surface area contributed by atoms with E-state index in [4.69, 9.17) is 5.26 Å². The van der Waals surface area contributed by atoms with Crippen LogP contribution in [0.4, 0.5) is 0 Å². The van der Waals surface area contributed by atoms with Crippen LogP contribution in [0.15, 0.2) is 12.1 Å². The zero-order valence-corrected chi connectivity index (χ0v) is 10.1. The monoisotopic (exact) mass is 267 g/mol. The molecule has 0 atom stereocenters. The van der Waals surface area contributed by atoms with Crippen molar-refractivity contribution in [3.05, 3.63) is 34.4 Å². The topological polar surface area (TPSA) is 50.1 Å². The summed E-state index contributed by atoms with van der Waals surface area (Å²) < 4.78 is 4.69. The minimum Gasteiger partial charge on any atom is -0.465 e. The average molecular weight is 268 g/mol. The maximum absolute atomic E-state index is 11.5. The number of methoxy groups -OCH3 is 1. The molecule has 0 heterocycles. The van der Waals surface area contributed by atoms with Crippen molar-refractivity contribution in [1.82, 2.24) is 0 Å². The van der Waals surface area contributed by atoms with E-state index < -0.39 is 5.97 Å². The van der Waals surface area contributed by atoms with Gasteiger partial charge in [0.25, 0.3) is 0 Å². The fourth-order valence-corrected chi connectivity index (χ4v) is 1.98. The molecular formula is C11H10BrNO2. The molecule has 0 saturated carbocycles. The van der Waals surface area contributed by atoms with Gasteiger partial charge in [-0.2, -0.15) is 5.26 Å². The molecule has 15 heavy (non-hydrogen) atoms. The lowest BCUT2D eigenvalue weighted by Gasteiger charge is -2.10. The third kappa shape index (κ3) is 2.18. The lowest BCUT2D eigenvalue weighted by atomic mass is 9.98. The van der Waals surface area contributed by atoms with Crippen LogP contribution >= 0.6 is 15.9 Å². The van der Waals surface area contributed by atoms with E-state index in [-0.39, 0.29) is 0 Å². The molecule has 1 aromatic carbocycles. The fourth-order valence-electron chi connectivity index (χ4n) is 1.39. The molecule has 3 nitrogen and oxygen atoms in total. The van der Waals surface area contributed by atoms with Crippen molar-refractivity contribution in [3.8, 4) is 6.07 Å². The van der Waals surface area contributed by atoms with E-state index in [1.807, 2.05) is 6.92 Å². The predicted molar refractivity (Wildman–Crippen MR) is 59.9 cm³/mol. The highest BCUT2D eigenvalue weighted by Gasteiger charge is 2.17. The summed E-state index contributed by atoms with van der Waals surface area (Å²) in [6.45, 7) is 1.82. The van der Waals surface area contributed by atoms with Crippen LogP contribution < -0.4 is 0 Å². The average Bonchev–Trinajstić information content (AvgIpc) is 2.27. The summed E-state index contributed by atoms with van der Waals surface area (Å²) in [4.78, 5) is 11.5. The van der Waals surface area contributed by atoms with E-state index in [1.165, 1.54) is 7.11 Å². The predicted octanol–water partition coefficient (Wildman–Crippen LogP) is 2.55. The molecule has 0 spiro atoms. The summed E-state index contributed by atoms with van der Waals surface area (Å²) in [5, 5.41) is 9.36. The number of nitrogens with zero attached hydrogens (tertiary/aromatic N) is 1. The Bertz CT molecular complexity index is 435. The van der Waals surface area contributed by atoms with Crippen molar-refractivity contribution in [3.63, 3.8) is 0 Å². The number of carbonyl (C=O) groups is 1. The van der Waals surface area contributed by atoms with Crippen molar-refractivity contribution < 1.29 is 9.53 Å². The zero-order chi connectivity index (χ0) is 11.4. The van der Waals surface area contributed by atoms with E-state index in [1.54, 1.807) is 12.1 Å². The molecule has 0 saturated heterocycles. The highest BCUT2D eigenvalue weighted by atomic mass is 79.9. The third-order valence-corrected chi connectivity index (χ3v) is 2.73. The Kier molecular flexibility index (Phi) is 3.87. The maximum atomic E-state index is 11.5. The Morgan fingerprint density at radius 1 is 1.60 bits per heavy atom. The second-order valence-electron chi connectivity index (χ2n) is 3.02. The first kappa shape index (κ1) is 11.7. The maximum Gasteiger partial charge on any atom is 0.338 e. The van der Waals surface area contributed by atoms with Crippen molar-refractivity contribution in [2.45, 2.75) is 12.3 Å². The lowest BCUT2D eigenvalue weighted by molar-refractivity contribution is 0.0599. The minimum atomic E-state index is -0.404.